The van der Waals surface area contributed by atoms with E-state index in [1.165, 1.54) is 0 Å². The summed E-state index contributed by atoms with van der Waals surface area (Å²) in [7, 11) is 0. The molecule has 3 N–H and O–H groups in total. The predicted octanol–water partition coefficient (Wildman–Crippen LogP) is 0.407. The first-order valence-corrected chi connectivity index (χ1v) is 6.44. The first-order chi connectivity index (χ1) is 8.90. The molecule has 0 spiro atoms. The van der Waals surface area contributed by atoms with E-state index in [-0.39, 0.29) is 31.5 Å². The number of carboxylic acids is 1. The van der Waals surface area contributed by atoms with E-state index in [9.17, 15) is 14.4 Å². The summed E-state index contributed by atoms with van der Waals surface area (Å²) in [6.07, 6.45) is 1.03. The van der Waals surface area contributed by atoms with Gasteiger partial charge < -0.3 is 20.6 Å². The van der Waals surface area contributed by atoms with Gasteiger partial charge in [-0.15, -0.1) is 0 Å². The van der Waals surface area contributed by atoms with E-state index in [4.69, 9.17) is 5.11 Å². The maximum absolute atomic E-state index is 11.6. The lowest BCUT2D eigenvalue weighted by atomic mass is 10.2. The van der Waals surface area contributed by atoms with Crippen molar-refractivity contribution >= 4 is 17.9 Å². The maximum Gasteiger partial charge on any atom is 0.323 e. The third-order valence-electron chi connectivity index (χ3n) is 2.64. The zero-order valence-corrected chi connectivity index (χ0v) is 11.7. The van der Waals surface area contributed by atoms with Crippen molar-refractivity contribution in [2.24, 2.45) is 0 Å². The maximum atomic E-state index is 11.6. The summed E-state index contributed by atoms with van der Waals surface area (Å²) in [5.41, 5.74) is 0. The summed E-state index contributed by atoms with van der Waals surface area (Å²) in [4.78, 5) is 34.7. The lowest BCUT2D eigenvalue weighted by molar-refractivity contribution is -0.137. The molecule has 0 aliphatic rings. The molecule has 7 nitrogen and oxygen atoms in total. The number of nitrogens with one attached hydrogen (secondary N) is 2. The molecular weight excluding hydrogens is 250 g/mol. The number of carbonyl (C=O) groups is 3. The summed E-state index contributed by atoms with van der Waals surface area (Å²) in [5, 5.41) is 13.9. The Bertz CT molecular complexity index is 320. The highest BCUT2D eigenvalue weighted by molar-refractivity contribution is 5.81. The van der Waals surface area contributed by atoms with Gasteiger partial charge in [0.1, 0.15) is 6.54 Å². The zero-order chi connectivity index (χ0) is 14.8. The van der Waals surface area contributed by atoms with Crippen LogP contribution >= 0.6 is 0 Å². The highest BCUT2D eigenvalue weighted by atomic mass is 16.4. The van der Waals surface area contributed by atoms with E-state index in [2.05, 4.69) is 10.6 Å². The Hall–Kier alpha value is -1.79. The zero-order valence-electron chi connectivity index (χ0n) is 11.7. The van der Waals surface area contributed by atoms with Crippen LogP contribution in [0.1, 0.15) is 33.6 Å². The Balaban J connectivity index is 3.95. The summed E-state index contributed by atoms with van der Waals surface area (Å²) in [6, 6.07) is -0.358. The minimum Gasteiger partial charge on any atom is -0.480 e. The SMILES string of the molecule is CCC(C)NC(=O)CCNC(=O)N(CC)CC(=O)O. The van der Waals surface area contributed by atoms with Crippen LogP contribution in [-0.4, -0.2) is 53.6 Å². The van der Waals surface area contributed by atoms with E-state index in [0.29, 0.717) is 6.54 Å². The average Bonchev–Trinajstić information content (AvgIpc) is 2.35. The van der Waals surface area contributed by atoms with Gasteiger partial charge in [0, 0.05) is 25.6 Å². The van der Waals surface area contributed by atoms with Crippen LogP contribution in [0.15, 0.2) is 0 Å². The molecule has 0 saturated carbocycles. The minimum absolute atomic E-state index is 0.113. The number of urea groups is 1. The third-order valence-corrected chi connectivity index (χ3v) is 2.64. The summed E-state index contributed by atoms with van der Waals surface area (Å²) in [6.45, 7) is 5.72. The molecule has 0 rings (SSSR count). The van der Waals surface area contributed by atoms with Crippen LogP contribution in [0.25, 0.3) is 0 Å². The summed E-state index contributed by atoms with van der Waals surface area (Å²) >= 11 is 0. The number of amides is 3. The quantitative estimate of drug-likeness (QED) is 0.596. The first-order valence-electron chi connectivity index (χ1n) is 6.44. The second-order valence-electron chi connectivity index (χ2n) is 4.27. The molecule has 0 aliphatic carbocycles. The van der Waals surface area contributed by atoms with Crippen LogP contribution in [0.3, 0.4) is 0 Å². The molecule has 0 saturated heterocycles. The van der Waals surface area contributed by atoms with Crippen LogP contribution in [0.2, 0.25) is 0 Å². The van der Waals surface area contributed by atoms with Gasteiger partial charge in [0.25, 0.3) is 0 Å². The fourth-order valence-corrected chi connectivity index (χ4v) is 1.33. The van der Waals surface area contributed by atoms with Gasteiger partial charge in [-0.1, -0.05) is 6.92 Å². The van der Waals surface area contributed by atoms with Crippen molar-refractivity contribution in [2.75, 3.05) is 19.6 Å². The highest BCUT2D eigenvalue weighted by Crippen LogP contribution is 1.91. The first kappa shape index (κ1) is 17.2. The van der Waals surface area contributed by atoms with Crippen LogP contribution < -0.4 is 10.6 Å². The van der Waals surface area contributed by atoms with Gasteiger partial charge in [0.2, 0.25) is 5.91 Å². The minimum atomic E-state index is -1.06. The van der Waals surface area contributed by atoms with Crippen molar-refractivity contribution in [3.63, 3.8) is 0 Å². The topological polar surface area (TPSA) is 98.7 Å². The Labute approximate surface area is 113 Å². The molecule has 7 heteroatoms. The number of carbonyl (C=O) groups excluding carboxylic acids is 2. The van der Waals surface area contributed by atoms with Gasteiger partial charge in [-0.2, -0.15) is 0 Å². The van der Waals surface area contributed by atoms with Crippen LogP contribution in [0.5, 0.6) is 0 Å². The van der Waals surface area contributed by atoms with E-state index in [1.54, 1.807) is 6.92 Å². The Morgan fingerprint density at radius 3 is 2.37 bits per heavy atom. The van der Waals surface area contributed by atoms with Crippen molar-refractivity contribution in [1.82, 2.24) is 15.5 Å². The van der Waals surface area contributed by atoms with Crippen molar-refractivity contribution in [1.29, 1.82) is 0 Å². The molecule has 3 amide bonds. The molecule has 1 atom stereocenters. The molecule has 0 heterocycles. The lowest BCUT2D eigenvalue weighted by Crippen LogP contribution is -2.44. The van der Waals surface area contributed by atoms with E-state index < -0.39 is 12.0 Å². The molecule has 0 aromatic heterocycles. The van der Waals surface area contributed by atoms with Crippen molar-refractivity contribution < 1.29 is 19.5 Å². The fourth-order valence-electron chi connectivity index (χ4n) is 1.33. The number of likely N-dealkylation sites (N-methyl/N-ethyl adjacent to an activating group) is 1. The molecular formula is C12H23N3O4. The largest absolute Gasteiger partial charge is 0.480 e. The van der Waals surface area contributed by atoms with Crippen molar-refractivity contribution in [3.8, 4) is 0 Å². The van der Waals surface area contributed by atoms with Gasteiger partial charge in [-0.3, -0.25) is 9.59 Å². The van der Waals surface area contributed by atoms with Crippen LogP contribution in [0, 0.1) is 0 Å². The smallest absolute Gasteiger partial charge is 0.323 e. The Kier molecular flexibility index (Phi) is 8.32. The molecule has 19 heavy (non-hydrogen) atoms. The monoisotopic (exact) mass is 273 g/mol. The Morgan fingerprint density at radius 2 is 1.89 bits per heavy atom. The number of rotatable bonds is 8. The third kappa shape index (κ3) is 8.01. The molecule has 110 valence electrons. The lowest BCUT2D eigenvalue weighted by Gasteiger charge is -2.19. The van der Waals surface area contributed by atoms with E-state index in [0.717, 1.165) is 11.3 Å². The van der Waals surface area contributed by atoms with Crippen molar-refractivity contribution in [2.45, 2.75) is 39.7 Å². The molecule has 0 radical (unpaired) electrons. The van der Waals surface area contributed by atoms with Crippen molar-refractivity contribution in [3.05, 3.63) is 0 Å². The molecule has 0 aliphatic heterocycles. The molecule has 0 aromatic rings. The molecule has 1 unspecified atom stereocenters. The van der Waals surface area contributed by atoms with Crippen LogP contribution in [-0.2, 0) is 9.59 Å². The second-order valence-corrected chi connectivity index (χ2v) is 4.27. The fraction of sp³-hybridized carbons (Fsp3) is 0.750. The highest BCUT2D eigenvalue weighted by Gasteiger charge is 2.14. The standard InChI is InChI=1S/C12H23N3O4/c1-4-9(3)14-10(16)6-7-13-12(19)15(5-2)8-11(17)18/h9H,4-8H2,1-3H3,(H,13,19)(H,14,16)(H,17,18). The normalized spacial score (nSPS) is 11.5. The number of carboxylic acid groups (broad SMARTS) is 1. The average molecular weight is 273 g/mol. The number of hydrogen-bond donors (Lipinski definition) is 3. The molecule has 0 bridgehead atoms. The molecule has 0 aromatic carbocycles. The Morgan fingerprint density at radius 1 is 1.26 bits per heavy atom. The van der Waals surface area contributed by atoms with Gasteiger partial charge in [0.05, 0.1) is 0 Å². The number of aliphatic carboxylic acids is 1. The number of nitrogens with zero attached hydrogens (tertiary/aromatic N) is 1. The summed E-state index contributed by atoms with van der Waals surface area (Å²) < 4.78 is 0. The van der Waals surface area contributed by atoms with Gasteiger partial charge in [-0.05, 0) is 20.3 Å². The van der Waals surface area contributed by atoms with E-state index in [1.807, 2.05) is 13.8 Å². The van der Waals surface area contributed by atoms with Gasteiger partial charge >= 0.3 is 12.0 Å². The molecule has 0 fully saturated rings. The van der Waals surface area contributed by atoms with Crippen LogP contribution in [0.4, 0.5) is 4.79 Å². The second kappa shape index (κ2) is 9.18. The summed E-state index contributed by atoms with van der Waals surface area (Å²) in [5.74, 6) is -1.19. The van der Waals surface area contributed by atoms with Gasteiger partial charge in [-0.25, -0.2) is 4.79 Å². The number of hydrogen-bond acceptors (Lipinski definition) is 3. The predicted molar refractivity (Wildman–Crippen MR) is 70.8 cm³/mol. The van der Waals surface area contributed by atoms with Gasteiger partial charge in [0.15, 0.2) is 0 Å². The van der Waals surface area contributed by atoms with E-state index >= 15 is 0 Å².